The molecule has 0 fully saturated rings. The molecule has 1 aliphatic carbocycles. The Morgan fingerprint density at radius 2 is 1.89 bits per heavy atom. The molecule has 2 aromatic rings. The largest absolute Gasteiger partial charge is 0.348 e. The molecule has 1 amide bonds. The van der Waals surface area contributed by atoms with Crippen LogP contribution in [0.3, 0.4) is 0 Å². The first kappa shape index (κ1) is 19.5. The molecule has 0 aliphatic heterocycles. The van der Waals surface area contributed by atoms with Gasteiger partial charge >= 0.3 is 0 Å². The molecule has 0 heterocycles. The van der Waals surface area contributed by atoms with E-state index in [9.17, 15) is 17.6 Å². The molecular formula is C20H23FN2O3S. The standard InChI is InChI=1S/C20H23FN2O3S/c1-27(25,26)23(13-16-8-3-5-11-18(16)21)14-20(24)22-19-12-6-9-15-7-2-4-10-17(15)19/h2-5,7-8,10-11,19H,6,9,12-14H2,1H3,(H,22,24)/t19-/m0/s1. The summed E-state index contributed by atoms with van der Waals surface area (Å²) in [6, 6.07) is 13.8. The molecule has 0 aromatic heterocycles. The van der Waals surface area contributed by atoms with E-state index in [1.165, 1.54) is 23.8 Å². The van der Waals surface area contributed by atoms with Gasteiger partial charge in [0.15, 0.2) is 0 Å². The first-order valence-electron chi connectivity index (χ1n) is 8.90. The number of amides is 1. The van der Waals surface area contributed by atoms with Crippen molar-refractivity contribution in [2.24, 2.45) is 0 Å². The van der Waals surface area contributed by atoms with Gasteiger partial charge in [0.1, 0.15) is 5.82 Å². The lowest BCUT2D eigenvalue weighted by molar-refractivity contribution is -0.122. The van der Waals surface area contributed by atoms with Gasteiger partial charge in [-0.15, -0.1) is 0 Å². The minimum absolute atomic E-state index is 0.127. The second-order valence-electron chi connectivity index (χ2n) is 6.83. The third-order valence-corrected chi connectivity index (χ3v) is 5.99. The topological polar surface area (TPSA) is 66.5 Å². The molecule has 27 heavy (non-hydrogen) atoms. The fraction of sp³-hybridized carbons (Fsp3) is 0.350. The van der Waals surface area contributed by atoms with Crippen LogP contribution in [0.15, 0.2) is 48.5 Å². The first-order chi connectivity index (χ1) is 12.8. The zero-order valence-electron chi connectivity index (χ0n) is 15.2. The van der Waals surface area contributed by atoms with Crippen LogP contribution in [0.5, 0.6) is 0 Å². The van der Waals surface area contributed by atoms with E-state index in [0.29, 0.717) is 0 Å². The minimum atomic E-state index is -3.67. The average Bonchev–Trinajstić information content (AvgIpc) is 2.62. The number of hydrogen-bond donors (Lipinski definition) is 1. The highest BCUT2D eigenvalue weighted by Crippen LogP contribution is 2.29. The maximum atomic E-state index is 13.9. The highest BCUT2D eigenvalue weighted by Gasteiger charge is 2.25. The second kappa shape index (κ2) is 8.19. The lowest BCUT2D eigenvalue weighted by Crippen LogP contribution is -2.41. The molecule has 0 saturated carbocycles. The van der Waals surface area contributed by atoms with Gasteiger partial charge in [-0.05, 0) is 36.5 Å². The third kappa shape index (κ3) is 4.93. The van der Waals surface area contributed by atoms with Gasteiger partial charge in [-0.2, -0.15) is 4.31 Å². The number of fused-ring (bicyclic) bond motifs is 1. The van der Waals surface area contributed by atoms with Gasteiger partial charge in [0, 0.05) is 12.1 Å². The van der Waals surface area contributed by atoms with Crippen LogP contribution in [-0.2, 0) is 27.8 Å². The van der Waals surface area contributed by atoms with Gasteiger partial charge in [0.2, 0.25) is 15.9 Å². The first-order valence-corrected chi connectivity index (χ1v) is 10.7. The van der Waals surface area contributed by atoms with E-state index in [0.717, 1.165) is 35.4 Å². The molecule has 1 N–H and O–H groups in total. The van der Waals surface area contributed by atoms with Crippen molar-refractivity contribution in [3.8, 4) is 0 Å². The quantitative estimate of drug-likeness (QED) is 0.825. The van der Waals surface area contributed by atoms with Crippen LogP contribution >= 0.6 is 0 Å². The van der Waals surface area contributed by atoms with Crippen molar-refractivity contribution in [1.82, 2.24) is 9.62 Å². The Labute approximate surface area is 159 Å². The number of nitrogens with one attached hydrogen (secondary N) is 1. The van der Waals surface area contributed by atoms with Crippen molar-refractivity contribution in [2.75, 3.05) is 12.8 Å². The molecule has 1 aliphatic rings. The number of aryl methyl sites for hydroxylation is 1. The summed E-state index contributed by atoms with van der Waals surface area (Å²) in [5, 5.41) is 2.94. The smallest absolute Gasteiger partial charge is 0.235 e. The van der Waals surface area contributed by atoms with Crippen LogP contribution in [0, 0.1) is 5.82 Å². The zero-order chi connectivity index (χ0) is 19.4. The summed E-state index contributed by atoms with van der Waals surface area (Å²) in [6.45, 7) is -0.522. The van der Waals surface area contributed by atoms with E-state index in [1.54, 1.807) is 6.07 Å². The summed E-state index contributed by atoms with van der Waals surface area (Å²) in [4.78, 5) is 12.5. The number of halogens is 1. The van der Waals surface area contributed by atoms with Crippen molar-refractivity contribution < 1.29 is 17.6 Å². The lowest BCUT2D eigenvalue weighted by atomic mass is 9.88. The van der Waals surface area contributed by atoms with Gasteiger partial charge in [-0.1, -0.05) is 42.5 Å². The molecule has 2 aromatic carbocycles. The van der Waals surface area contributed by atoms with Gasteiger partial charge in [0.05, 0.1) is 18.8 Å². The number of benzene rings is 2. The van der Waals surface area contributed by atoms with E-state index in [1.807, 2.05) is 18.2 Å². The fourth-order valence-electron chi connectivity index (χ4n) is 3.41. The number of nitrogens with zero attached hydrogens (tertiary/aromatic N) is 1. The molecule has 0 bridgehead atoms. The van der Waals surface area contributed by atoms with Crippen LogP contribution in [0.25, 0.3) is 0 Å². The third-order valence-electron chi connectivity index (χ3n) is 4.80. The van der Waals surface area contributed by atoms with E-state index >= 15 is 0 Å². The number of carbonyl (C=O) groups excluding carboxylic acids is 1. The van der Waals surface area contributed by atoms with E-state index in [-0.39, 0.29) is 24.7 Å². The maximum Gasteiger partial charge on any atom is 0.235 e. The number of rotatable bonds is 6. The summed E-state index contributed by atoms with van der Waals surface area (Å²) in [5.41, 5.74) is 2.52. The molecule has 7 heteroatoms. The van der Waals surface area contributed by atoms with Crippen LogP contribution in [0.4, 0.5) is 4.39 Å². The van der Waals surface area contributed by atoms with Gasteiger partial charge in [0.25, 0.3) is 0 Å². The normalized spacial score (nSPS) is 16.8. The van der Waals surface area contributed by atoms with Crippen LogP contribution in [0.1, 0.15) is 35.6 Å². The van der Waals surface area contributed by atoms with Gasteiger partial charge in [-0.3, -0.25) is 4.79 Å². The number of hydrogen-bond acceptors (Lipinski definition) is 3. The lowest BCUT2D eigenvalue weighted by Gasteiger charge is -2.27. The van der Waals surface area contributed by atoms with Crippen LogP contribution in [-0.4, -0.2) is 31.4 Å². The second-order valence-corrected chi connectivity index (χ2v) is 8.82. The molecule has 144 valence electrons. The summed E-state index contributed by atoms with van der Waals surface area (Å²) in [7, 11) is -3.67. The highest BCUT2D eigenvalue weighted by molar-refractivity contribution is 7.88. The SMILES string of the molecule is CS(=O)(=O)N(CC(=O)N[C@H]1CCCc2ccccc21)Cc1ccccc1F. The Morgan fingerprint density at radius 3 is 2.63 bits per heavy atom. The Hall–Kier alpha value is -2.25. The molecule has 0 unspecified atom stereocenters. The monoisotopic (exact) mass is 390 g/mol. The molecule has 0 spiro atoms. The average molecular weight is 390 g/mol. The Morgan fingerprint density at radius 1 is 1.19 bits per heavy atom. The highest BCUT2D eigenvalue weighted by atomic mass is 32.2. The van der Waals surface area contributed by atoms with Crippen molar-refractivity contribution >= 4 is 15.9 Å². The van der Waals surface area contributed by atoms with Crippen LogP contribution in [0.2, 0.25) is 0 Å². The summed E-state index contributed by atoms with van der Waals surface area (Å²) < 4.78 is 39.1. The van der Waals surface area contributed by atoms with E-state index in [4.69, 9.17) is 0 Å². The van der Waals surface area contributed by atoms with Gasteiger partial charge in [-0.25, -0.2) is 12.8 Å². The maximum absolute atomic E-state index is 13.9. The van der Waals surface area contributed by atoms with Crippen molar-refractivity contribution in [3.63, 3.8) is 0 Å². The predicted octanol–water partition coefficient (Wildman–Crippen LogP) is 2.78. The Bertz CT molecular complexity index is 930. The molecular weight excluding hydrogens is 367 g/mol. The Kier molecular flexibility index (Phi) is 5.92. The van der Waals surface area contributed by atoms with Crippen molar-refractivity contribution in [1.29, 1.82) is 0 Å². The number of carbonyl (C=O) groups is 1. The molecule has 5 nitrogen and oxygen atoms in total. The van der Waals surface area contributed by atoms with Crippen molar-refractivity contribution in [2.45, 2.75) is 31.8 Å². The van der Waals surface area contributed by atoms with Crippen LogP contribution < -0.4 is 5.32 Å². The molecule has 0 saturated heterocycles. The minimum Gasteiger partial charge on any atom is -0.348 e. The summed E-state index contributed by atoms with van der Waals surface area (Å²) in [6.07, 6.45) is 3.78. The summed E-state index contributed by atoms with van der Waals surface area (Å²) >= 11 is 0. The summed E-state index contributed by atoms with van der Waals surface area (Å²) in [5.74, 6) is -0.883. The molecule has 1 atom stereocenters. The predicted molar refractivity (Wildman–Crippen MR) is 102 cm³/mol. The van der Waals surface area contributed by atoms with Gasteiger partial charge < -0.3 is 5.32 Å². The Balaban J connectivity index is 1.72. The fourth-order valence-corrected chi connectivity index (χ4v) is 4.14. The molecule has 0 radical (unpaired) electrons. The molecule has 3 rings (SSSR count). The van der Waals surface area contributed by atoms with Crippen molar-refractivity contribution in [3.05, 3.63) is 71.0 Å². The van der Waals surface area contributed by atoms with E-state index in [2.05, 4.69) is 11.4 Å². The zero-order valence-corrected chi connectivity index (χ0v) is 16.0. The van der Waals surface area contributed by atoms with E-state index < -0.39 is 21.7 Å². The number of sulfonamides is 1.